The molecule has 0 aromatic carbocycles. The summed E-state index contributed by atoms with van der Waals surface area (Å²) in [6.07, 6.45) is 22.0. The molecule has 1 heterocycles. The fourth-order valence-corrected chi connectivity index (χ4v) is 3.38. The van der Waals surface area contributed by atoms with Crippen LogP contribution in [0.2, 0.25) is 0 Å². The van der Waals surface area contributed by atoms with Crippen LogP contribution in [0.4, 0.5) is 0 Å². The normalized spacial score (nSPS) is 17.2. The minimum Gasteiger partial charge on any atom is -0.376 e. The van der Waals surface area contributed by atoms with Crippen LogP contribution in [0.25, 0.3) is 0 Å². The molecule has 0 N–H and O–H groups in total. The van der Waals surface area contributed by atoms with Gasteiger partial charge < -0.3 is 9.47 Å². The summed E-state index contributed by atoms with van der Waals surface area (Å²) >= 11 is 0. The van der Waals surface area contributed by atoms with Crippen molar-refractivity contribution in [2.45, 2.75) is 89.6 Å². The molecule has 0 radical (unpaired) electrons. The molecule has 1 aliphatic rings. The van der Waals surface area contributed by atoms with Crippen molar-refractivity contribution in [2.24, 2.45) is 5.92 Å². The molecule has 0 aliphatic carbocycles. The van der Waals surface area contributed by atoms with Crippen LogP contribution in [0.5, 0.6) is 0 Å². The molecule has 2 nitrogen and oxygen atoms in total. The smallest absolute Gasteiger partial charge is 0.0809 e. The SMILES string of the molecule is C=CC(C=C)CCCCCCCCCCCCCC1COCCO1.[Pt]. The van der Waals surface area contributed by atoms with Crippen LogP contribution in [0.3, 0.4) is 0 Å². The topological polar surface area (TPSA) is 18.5 Å². The van der Waals surface area contributed by atoms with Gasteiger partial charge >= 0.3 is 0 Å². The van der Waals surface area contributed by atoms with Crippen molar-refractivity contribution in [1.82, 2.24) is 0 Å². The zero-order valence-corrected chi connectivity index (χ0v) is 18.4. The van der Waals surface area contributed by atoms with E-state index in [1.165, 1.54) is 83.5 Å². The first kappa shape index (κ1) is 25.1. The van der Waals surface area contributed by atoms with Crippen molar-refractivity contribution in [1.29, 1.82) is 0 Å². The van der Waals surface area contributed by atoms with E-state index in [1.54, 1.807) is 0 Å². The fourth-order valence-electron chi connectivity index (χ4n) is 3.38. The summed E-state index contributed by atoms with van der Waals surface area (Å²) in [4.78, 5) is 0. The Morgan fingerprint density at radius 2 is 1.28 bits per heavy atom. The maximum Gasteiger partial charge on any atom is 0.0809 e. The number of hydrogen-bond donors (Lipinski definition) is 0. The Hall–Kier alpha value is 0.0883. The molecule has 0 bridgehead atoms. The molecule has 1 aliphatic heterocycles. The van der Waals surface area contributed by atoms with Gasteiger partial charge in [0.25, 0.3) is 0 Å². The first-order chi connectivity index (χ1) is 11.9. The van der Waals surface area contributed by atoms with E-state index in [-0.39, 0.29) is 21.1 Å². The Bertz CT molecular complexity index is 292. The minimum absolute atomic E-state index is 0. The molecule has 0 spiro atoms. The number of rotatable bonds is 16. The number of allylic oxidation sites excluding steroid dienone is 2. The van der Waals surface area contributed by atoms with Gasteiger partial charge in [-0.3, -0.25) is 0 Å². The molecular weight excluding hydrogens is 491 g/mol. The summed E-state index contributed by atoms with van der Waals surface area (Å²) in [7, 11) is 0. The zero-order chi connectivity index (χ0) is 17.3. The molecule has 0 aromatic rings. The second-order valence-electron chi connectivity index (χ2n) is 7.17. The molecule has 1 unspecified atom stereocenters. The summed E-state index contributed by atoms with van der Waals surface area (Å²) in [5.74, 6) is 0.516. The zero-order valence-electron chi connectivity index (χ0n) is 16.2. The summed E-state index contributed by atoms with van der Waals surface area (Å²) in [6, 6.07) is 0. The Labute approximate surface area is 171 Å². The Balaban J connectivity index is 0.00000576. The van der Waals surface area contributed by atoms with Gasteiger partial charge in [-0.15, -0.1) is 13.2 Å². The van der Waals surface area contributed by atoms with E-state index in [1.807, 2.05) is 12.2 Å². The summed E-state index contributed by atoms with van der Waals surface area (Å²) < 4.78 is 11.1. The Kier molecular flexibility index (Phi) is 18.9. The number of unbranched alkanes of at least 4 members (excludes halogenated alkanes) is 10. The molecule has 1 fully saturated rings. The van der Waals surface area contributed by atoms with Crippen molar-refractivity contribution in [3.8, 4) is 0 Å². The van der Waals surface area contributed by atoms with Crippen molar-refractivity contribution in [3.63, 3.8) is 0 Å². The van der Waals surface area contributed by atoms with E-state index >= 15 is 0 Å². The van der Waals surface area contributed by atoms with Crippen molar-refractivity contribution in [3.05, 3.63) is 25.3 Å². The standard InChI is InChI=1S/C22H40O2.Pt/c1-3-21(4-2)16-14-12-10-8-6-5-7-9-11-13-15-17-22-20-23-18-19-24-22;/h3-4,21-22H,1-2,5-20H2;. The minimum atomic E-state index is 0. The molecule has 0 amide bonds. The predicted molar refractivity (Wildman–Crippen MR) is 104 cm³/mol. The third kappa shape index (κ3) is 14.9. The first-order valence-corrected chi connectivity index (χ1v) is 10.3. The van der Waals surface area contributed by atoms with Gasteiger partial charge in [0, 0.05) is 21.1 Å². The Morgan fingerprint density at radius 1 is 0.760 bits per heavy atom. The van der Waals surface area contributed by atoms with Crippen LogP contribution in [0, 0.1) is 5.92 Å². The first-order valence-electron chi connectivity index (χ1n) is 10.3. The molecule has 3 heteroatoms. The average Bonchev–Trinajstić information content (AvgIpc) is 2.63. The number of hydrogen-bond acceptors (Lipinski definition) is 2. The van der Waals surface area contributed by atoms with E-state index in [2.05, 4.69) is 13.2 Å². The van der Waals surface area contributed by atoms with Gasteiger partial charge in [-0.25, -0.2) is 0 Å². The third-order valence-corrected chi connectivity index (χ3v) is 5.05. The molecule has 25 heavy (non-hydrogen) atoms. The number of ether oxygens (including phenoxy) is 2. The van der Waals surface area contributed by atoms with Gasteiger partial charge in [0.15, 0.2) is 0 Å². The van der Waals surface area contributed by atoms with Crippen LogP contribution < -0.4 is 0 Å². The van der Waals surface area contributed by atoms with E-state index in [0.717, 1.165) is 19.8 Å². The maximum absolute atomic E-state index is 5.67. The van der Waals surface area contributed by atoms with Gasteiger partial charge in [0.1, 0.15) is 0 Å². The van der Waals surface area contributed by atoms with Crippen molar-refractivity contribution >= 4 is 0 Å². The second kappa shape index (κ2) is 18.9. The Morgan fingerprint density at radius 3 is 1.76 bits per heavy atom. The molecule has 1 rings (SSSR count). The van der Waals surface area contributed by atoms with Crippen LogP contribution in [-0.4, -0.2) is 25.9 Å². The van der Waals surface area contributed by atoms with Gasteiger partial charge in [-0.05, 0) is 18.8 Å². The van der Waals surface area contributed by atoms with E-state index in [0.29, 0.717) is 12.0 Å². The van der Waals surface area contributed by atoms with Gasteiger partial charge in [-0.2, -0.15) is 0 Å². The maximum atomic E-state index is 5.67. The summed E-state index contributed by atoms with van der Waals surface area (Å²) in [5.41, 5.74) is 0. The second-order valence-corrected chi connectivity index (χ2v) is 7.17. The van der Waals surface area contributed by atoms with Crippen LogP contribution in [0.1, 0.15) is 83.5 Å². The quantitative estimate of drug-likeness (QED) is 0.168. The van der Waals surface area contributed by atoms with Crippen LogP contribution in [0.15, 0.2) is 25.3 Å². The van der Waals surface area contributed by atoms with Gasteiger partial charge in [0.05, 0.1) is 25.9 Å². The van der Waals surface area contributed by atoms with Gasteiger partial charge in [0.2, 0.25) is 0 Å². The molecular formula is C22H40O2Pt. The van der Waals surface area contributed by atoms with Crippen LogP contribution >= 0.6 is 0 Å². The van der Waals surface area contributed by atoms with Crippen molar-refractivity contribution in [2.75, 3.05) is 19.8 Å². The van der Waals surface area contributed by atoms with E-state index in [4.69, 9.17) is 9.47 Å². The molecule has 0 saturated carbocycles. The van der Waals surface area contributed by atoms with Crippen molar-refractivity contribution < 1.29 is 30.5 Å². The van der Waals surface area contributed by atoms with Gasteiger partial charge in [-0.1, -0.05) is 82.8 Å². The summed E-state index contributed by atoms with van der Waals surface area (Å²) in [5, 5.41) is 0. The van der Waals surface area contributed by atoms with Crippen LogP contribution in [-0.2, 0) is 30.5 Å². The largest absolute Gasteiger partial charge is 0.376 e. The van der Waals surface area contributed by atoms with E-state index in [9.17, 15) is 0 Å². The molecule has 150 valence electrons. The molecule has 0 aromatic heterocycles. The third-order valence-electron chi connectivity index (χ3n) is 5.05. The fraction of sp³-hybridized carbons (Fsp3) is 0.818. The molecule has 1 atom stereocenters. The summed E-state index contributed by atoms with van der Waals surface area (Å²) in [6.45, 7) is 10.1. The average molecular weight is 532 g/mol. The van der Waals surface area contributed by atoms with E-state index < -0.39 is 0 Å². The molecule has 1 saturated heterocycles. The predicted octanol–water partition coefficient (Wildman–Crippen LogP) is 6.46. The monoisotopic (exact) mass is 531 g/mol.